The van der Waals surface area contributed by atoms with Crippen LogP contribution in [0.4, 0.5) is 0 Å². The molecular formula is C19H28ClN3O. The highest BCUT2D eigenvalue weighted by Gasteiger charge is 2.44. The Bertz CT molecular complexity index is 596. The molecule has 1 aliphatic carbocycles. The molecule has 5 heteroatoms. The maximum Gasteiger partial charge on any atom is 0.223 e. The quantitative estimate of drug-likeness (QED) is 0.887. The van der Waals surface area contributed by atoms with E-state index in [4.69, 9.17) is 11.6 Å². The van der Waals surface area contributed by atoms with Gasteiger partial charge in [0, 0.05) is 49.2 Å². The summed E-state index contributed by atoms with van der Waals surface area (Å²) < 4.78 is 0. The first-order valence-electron chi connectivity index (χ1n) is 8.83. The Morgan fingerprint density at radius 3 is 2.67 bits per heavy atom. The Kier molecular flexibility index (Phi) is 5.19. The Labute approximate surface area is 150 Å². The highest BCUT2D eigenvalue weighted by molar-refractivity contribution is 6.30. The predicted octanol–water partition coefficient (Wildman–Crippen LogP) is 2.59. The van der Waals surface area contributed by atoms with E-state index in [0.29, 0.717) is 12.5 Å². The number of benzene rings is 1. The van der Waals surface area contributed by atoms with Crippen molar-refractivity contribution in [2.45, 2.75) is 31.7 Å². The van der Waals surface area contributed by atoms with Crippen LogP contribution in [0.15, 0.2) is 24.3 Å². The predicted molar refractivity (Wildman–Crippen MR) is 98.5 cm³/mol. The molecule has 0 aromatic heterocycles. The van der Waals surface area contributed by atoms with Gasteiger partial charge in [-0.3, -0.25) is 9.69 Å². The molecule has 24 heavy (non-hydrogen) atoms. The van der Waals surface area contributed by atoms with Gasteiger partial charge in [-0.25, -0.2) is 0 Å². The molecule has 1 saturated carbocycles. The maximum absolute atomic E-state index is 12.5. The number of nitrogens with zero attached hydrogens (tertiary/aromatic N) is 2. The summed E-state index contributed by atoms with van der Waals surface area (Å²) in [6.45, 7) is 9.46. The standard InChI is InChI=1S/C19H28ClN3O/c1-19(2,23-9-7-22(3)8-10-23)13-21-18(24)17-12-16(17)14-5-4-6-15(20)11-14/h4-6,11,16-17H,7-10,12-13H2,1-3H3,(H,21,24)/t16-,17-/m0/s1. The van der Waals surface area contributed by atoms with Crippen LogP contribution >= 0.6 is 11.6 Å². The molecule has 0 radical (unpaired) electrons. The Morgan fingerprint density at radius 2 is 2.00 bits per heavy atom. The molecule has 1 aliphatic heterocycles. The molecule has 1 N–H and O–H groups in total. The van der Waals surface area contributed by atoms with Crippen LogP contribution in [0, 0.1) is 5.92 Å². The zero-order chi connectivity index (χ0) is 17.3. The van der Waals surface area contributed by atoms with Gasteiger partial charge in [0.05, 0.1) is 0 Å². The van der Waals surface area contributed by atoms with Gasteiger partial charge in [0.2, 0.25) is 5.91 Å². The van der Waals surface area contributed by atoms with Gasteiger partial charge in [-0.1, -0.05) is 23.7 Å². The average Bonchev–Trinajstić information content (AvgIpc) is 3.34. The van der Waals surface area contributed by atoms with E-state index in [1.54, 1.807) is 0 Å². The number of amides is 1. The molecule has 2 aliphatic rings. The molecule has 132 valence electrons. The second kappa shape index (κ2) is 7.03. The van der Waals surface area contributed by atoms with Crippen molar-refractivity contribution in [2.24, 2.45) is 5.92 Å². The normalized spacial score (nSPS) is 25.5. The van der Waals surface area contributed by atoms with Crippen LogP contribution in [0.5, 0.6) is 0 Å². The first-order valence-corrected chi connectivity index (χ1v) is 9.21. The van der Waals surface area contributed by atoms with E-state index >= 15 is 0 Å². The zero-order valence-electron chi connectivity index (χ0n) is 14.9. The summed E-state index contributed by atoms with van der Waals surface area (Å²) in [7, 11) is 2.16. The summed E-state index contributed by atoms with van der Waals surface area (Å²) in [4.78, 5) is 17.3. The second-order valence-electron chi connectivity index (χ2n) is 7.82. The van der Waals surface area contributed by atoms with Crippen molar-refractivity contribution >= 4 is 17.5 Å². The third-order valence-corrected chi connectivity index (χ3v) is 5.69. The molecule has 1 amide bonds. The van der Waals surface area contributed by atoms with Crippen LogP contribution in [0.3, 0.4) is 0 Å². The topological polar surface area (TPSA) is 35.6 Å². The fourth-order valence-electron chi connectivity index (χ4n) is 3.55. The minimum absolute atomic E-state index is 0.00262. The molecule has 0 bridgehead atoms. The molecule has 3 rings (SSSR count). The van der Waals surface area contributed by atoms with Gasteiger partial charge in [-0.15, -0.1) is 0 Å². The van der Waals surface area contributed by atoms with Crippen molar-refractivity contribution in [3.05, 3.63) is 34.9 Å². The summed E-state index contributed by atoms with van der Waals surface area (Å²) in [5.41, 5.74) is 1.18. The van der Waals surface area contributed by atoms with Crippen molar-refractivity contribution in [3.8, 4) is 0 Å². The fourth-order valence-corrected chi connectivity index (χ4v) is 3.75. The van der Waals surface area contributed by atoms with E-state index < -0.39 is 0 Å². The fraction of sp³-hybridized carbons (Fsp3) is 0.632. The van der Waals surface area contributed by atoms with Crippen LogP contribution in [-0.2, 0) is 4.79 Å². The van der Waals surface area contributed by atoms with E-state index in [2.05, 4.69) is 42.1 Å². The van der Waals surface area contributed by atoms with Gasteiger partial charge < -0.3 is 10.2 Å². The number of piperazine rings is 1. The molecule has 0 unspecified atom stereocenters. The molecule has 1 saturated heterocycles. The lowest BCUT2D eigenvalue weighted by Crippen LogP contribution is -2.57. The smallest absolute Gasteiger partial charge is 0.223 e. The molecule has 1 aromatic carbocycles. The largest absolute Gasteiger partial charge is 0.354 e. The molecule has 4 nitrogen and oxygen atoms in total. The van der Waals surface area contributed by atoms with Gasteiger partial charge in [0.15, 0.2) is 0 Å². The number of hydrogen-bond acceptors (Lipinski definition) is 3. The van der Waals surface area contributed by atoms with Gasteiger partial charge in [-0.2, -0.15) is 0 Å². The van der Waals surface area contributed by atoms with Crippen LogP contribution < -0.4 is 5.32 Å². The van der Waals surface area contributed by atoms with Gasteiger partial charge >= 0.3 is 0 Å². The van der Waals surface area contributed by atoms with Gasteiger partial charge in [-0.05, 0) is 50.9 Å². The van der Waals surface area contributed by atoms with Gasteiger partial charge in [0.25, 0.3) is 0 Å². The summed E-state index contributed by atoms with van der Waals surface area (Å²) >= 11 is 6.05. The lowest BCUT2D eigenvalue weighted by molar-refractivity contribution is -0.123. The highest BCUT2D eigenvalue weighted by atomic mass is 35.5. The Hall–Kier alpha value is -1.10. The SMILES string of the molecule is CN1CCN(C(C)(C)CNC(=O)[C@H]2C[C@H]2c2cccc(Cl)c2)CC1. The van der Waals surface area contributed by atoms with Crippen molar-refractivity contribution in [1.29, 1.82) is 0 Å². The third-order valence-electron chi connectivity index (χ3n) is 5.46. The van der Waals surface area contributed by atoms with Crippen molar-refractivity contribution in [1.82, 2.24) is 15.1 Å². The van der Waals surface area contributed by atoms with Crippen LogP contribution in [-0.4, -0.2) is 61.0 Å². The highest BCUT2D eigenvalue weighted by Crippen LogP contribution is 2.47. The molecule has 2 fully saturated rings. The van der Waals surface area contributed by atoms with Gasteiger partial charge in [0.1, 0.15) is 0 Å². The third kappa shape index (κ3) is 4.11. The van der Waals surface area contributed by atoms with Crippen LogP contribution in [0.2, 0.25) is 5.02 Å². The number of carbonyl (C=O) groups excluding carboxylic acids is 1. The number of nitrogens with one attached hydrogen (secondary N) is 1. The van der Waals surface area contributed by atoms with Crippen molar-refractivity contribution in [3.63, 3.8) is 0 Å². The van der Waals surface area contributed by atoms with E-state index in [-0.39, 0.29) is 17.4 Å². The van der Waals surface area contributed by atoms with E-state index in [1.807, 2.05) is 18.2 Å². The minimum Gasteiger partial charge on any atom is -0.354 e. The minimum atomic E-state index is -0.00262. The Morgan fingerprint density at radius 1 is 1.29 bits per heavy atom. The van der Waals surface area contributed by atoms with E-state index in [1.165, 1.54) is 5.56 Å². The lowest BCUT2D eigenvalue weighted by atomic mass is 10.0. The van der Waals surface area contributed by atoms with Crippen LogP contribution in [0.25, 0.3) is 0 Å². The van der Waals surface area contributed by atoms with Crippen LogP contribution in [0.1, 0.15) is 31.7 Å². The molecule has 1 heterocycles. The number of halogens is 1. The summed E-state index contributed by atoms with van der Waals surface area (Å²) in [6.07, 6.45) is 0.932. The number of rotatable bonds is 5. The summed E-state index contributed by atoms with van der Waals surface area (Å²) in [6, 6.07) is 7.88. The number of carbonyl (C=O) groups is 1. The molecule has 2 atom stereocenters. The maximum atomic E-state index is 12.5. The summed E-state index contributed by atoms with van der Waals surface area (Å²) in [5, 5.41) is 3.93. The Balaban J connectivity index is 1.49. The molecule has 0 spiro atoms. The first kappa shape index (κ1) is 17.7. The van der Waals surface area contributed by atoms with E-state index in [0.717, 1.165) is 37.6 Å². The summed E-state index contributed by atoms with van der Waals surface area (Å²) in [5.74, 6) is 0.615. The number of hydrogen-bond donors (Lipinski definition) is 1. The molecular weight excluding hydrogens is 322 g/mol. The molecule has 1 aromatic rings. The monoisotopic (exact) mass is 349 g/mol. The number of likely N-dealkylation sites (N-methyl/N-ethyl adjacent to an activating group) is 1. The second-order valence-corrected chi connectivity index (χ2v) is 8.26. The lowest BCUT2D eigenvalue weighted by Gasteiger charge is -2.43. The first-order chi connectivity index (χ1) is 11.4. The average molecular weight is 350 g/mol. The van der Waals surface area contributed by atoms with E-state index in [9.17, 15) is 4.79 Å². The van der Waals surface area contributed by atoms with Crippen molar-refractivity contribution < 1.29 is 4.79 Å². The van der Waals surface area contributed by atoms with Crippen molar-refractivity contribution in [2.75, 3.05) is 39.8 Å². The zero-order valence-corrected chi connectivity index (χ0v) is 15.6.